The number of pyridine rings is 1. The maximum Gasteiger partial charge on any atom is 0.341 e. The number of carbonyl (C=O) groups is 1. The van der Waals surface area contributed by atoms with Crippen molar-refractivity contribution in [3.8, 4) is 0 Å². The molecule has 0 bridgehead atoms. The Kier molecular flexibility index (Phi) is 2.47. The first-order chi connectivity index (χ1) is 9.41. The van der Waals surface area contributed by atoms with E-state index in [2.05, 4.69) is 0 Å². The first kappa shape index (κ1) is 12.5. The summed E-state index contributed by atoms with van der Waals surface area (Å²) < 4.78 is 15.3. The van der Waals surface area contributed by atoms with Crippen LogP contribution in [-0.2, 0) is 0 Å². The summed E-state index contributed by atoms with van der Waals surface area (Å²) in [6.07, 6.45) is 2.97. The summed E-state index contributed by atoms with van der Waals surface area (Å²) >= 11 is 0. The van der Waals surface area contributed by atoms with Gasteiger partial charge in [0.05, 0.1) is 22.3 Å². The fourth-order valence-corrected chi connectivity index (χ4v) is 2.33. The number of halogens is 1. The fourth-order valence-electron chi connectivity index (χ4n) is 2.33. The summed E-state index contributed by atoms with van der Waals surface area (Å²) in [4.78, 5) is 23.3. The van der Waals surface area contributed by atoms with Gasteiger partial charge >= 0.3 is 5.97 Å². The van der Waals surface area contributed by atoms with E-state index in [1.807, 2.05) is 0 Å². The molecule has 7 heteroatoms. The lowest BCUT2D eigenvalue weighted by molar-refractivity contribution is 0.0695. The molecule has 0 spiro atoms. The van der Waals surface area contributed by atoms with Crippen molar-refractivity contribution < 1.29 is 14.3 Å². The van der Waals surface area contributed by atoms with Gasteiger partial charge in [-0.25, -0.2) is 9.18 Å². The maximum absolute atomic E-state index is 13.7. The molecule has 3 rings (SSSR count). The molecule has 1 heterocycles. The zero-order valence-corrected chi connectivity index (χ0v) is 10.4. The molecular weight excluding hydrogens is 265 g/mol. The van der Waals surface area contributed by atoms with Gasteiger partial charge in [-0.3, -0.25) is 4.79 Å². The van der Waals surface area contributed by atoms with Crippen molar-refractivity contribution in [3.63, 3.8) is 0 Å². The third-order valence-electron chi connectivity index (χ3n) is 3.52. The Morgan fingerprint density at radius 2 is 2.00 bits per heavy atom. The monoisotopic (exact) mass is 277 g/mol. The van der Waals surface area contributed by atoms with Gasteiger partial charge in [0.2, 0.25) is 5.43 Å². The highest BCUT2D eigenvalue weighted by atomic mass is 19.1. The van der Waals surface area contributed by atoms with E-state index in [0.717, 1.165) is 18.9 Å². The predicted octanol–water partition coefficient (Wildman–Crippen LogP) is 1.34. The van der Waals surface area contributed by atoms with Gasteiger partial charge in [0.15, 0.2) is 0 Å². The van der Waals surface area contributed by atoms with Gasteiger partial charge in [0, 0.05) is 12.2 Å². The predicted molar refractivity (Wildman–Crippen MR) is 72.2 cm³/mol. The average Bonchev–Trinajstić information content (AvgIpc) is 3.21. The highest BCUT2D eigenvalue weighted by Crippen LogP contribution is 2.39. The molecule has 2 aromatic rings. The SMILES string of the molecule is Nc1c(F)cc2c(=O)c(C(=O)O)cn(C3CC3)c2c1N. The summed E-state index contributed by atoms with van der Waals surface area (Å²) in [7, 11) is 0. The summed E-state index contributed by atoms with van der Waals surface area (Å²) in [6.45, 7) is 0. The highest BCUT2D eigenvalue weighted by molar-refractivity contribution is 5.99. The highest BCUT2D eigenvalue weighted by Gasteiger charge is 2.28. The normalized spacial score (nSPS) is 14.7. The Morgan fingerprint density at radius 1 is 1.35 bits per heavy atom. The van der Waals surface area contributed by atoms with E-state index in [1.54, 1.807) is 4.57 Å². The molecule has 1 saturated carbocycles. The molecule has 5 N–H and O–H groups in total. The van der Waals surface area contributed by atoms with Gasteiger partial charge in [-0.15, -0.1) is 0 Å². The van der Waals surface area contributed by atoms with Crippen LogP contribution in [0.1, 0.15) is 29.2 Å². The number of benzene rings is 1. The van der Waals surface area contributed by atoms with Crippen LogP contribution in [0.15, 0.2) is 17.1 Å². The molecule has 20 heavy (non-hydrogen) atoms. The van der Waals surface area contributed by atoms with Crippen molar-refractivity contribution in [2.45, 2.75) is 18.9 Å². The number of nitrogens with two attached hydrogens (primary N) is 2. The van der Waals surface area contributed by atoms with Gasteiger partial charge in [-0.2, -0.15) is 0 Å². The topological polar surface area (TPSA) is 111 Å². The first-order valence-electron chi connectivity index (χ1n) is 6.07. The van der Waals surface area contributed by atoms with Crippen molar-refractivity contribution in [1.82, 2.24) is 4.57 Å². The molecule has 0 atom stereocenters. The maximum atomic E-state index is 13.7. The number of carboxylic acids is 1. The zero-order valence-electron chi connectivity index (χ0n) is 10.4. The van der Waals surface area contributed by atoms with E-state index in [-0.39, 0.29) is 22.8 Å². The largest absolute Gasteiger partial charge is 0.477 e. The van der Waals surface area contributed by atoms with Crippen LogP contribution < -0.4 is 16.9 Å². The number of carboxylic acid groups (broad SMARTS) is 1. The van der Waals surface area contributed by atoms with Gasteiger partial charge < -0.3 is 21.1 Å². The Hall–Kier alpha value is -2.57. The molecule has 0 unspecified atom stereocenters. The molecule has 0 amide bonds. The van der Waals surface area contributed by atoms with Crippen LogP contribution in [-0.4, -0.2) is 15.6 Å². The molecule has 1 aliphatic rings. The lowest BCUT2D eigenvalue weighted by atomic mass is 10.1. The second kappa shape index (κ2) is 3.96. The summed E-state index contributed by atoms with van der Waals surface area (Å²) in [5.74, 6) is -2.17. The van der Waals surface area contributed by atoms with Crippen molar-refractivity contribution in [1.29, 1.82) is 0 Å². The summed E-state index contributed by atoms with van der Waals surface area (Å²) in [5, 5.41) is 9.03. The number of nitrogen functional groups attached to an aromatic ring is 2. The van der Waals surface area contributed by atoms with Crippen LogP contribution in [0.3, 0.4) is 0 Å². The number of fused-ring (bicyclic) bond motifs is 1. The van der Waals surface area contributed by atoms with Crippen LogP contribution in [0.25, 0.3) is 10.9 Å². The number of nitrogens with zero attached hydrogens (tertiary/aromatic N) is 1. The van der Waals surface area contributed by atoms with Crippen molar-refractivity contribution in [2.75, 3.05) is 11.5 Å². The molecule has 1 aromatic carbocycles. The van der Waals surface area contributed by atoms with Crippen LogP contribution >= 0.6 is 0 Å². The van der Waals surface area contributed by atoms with E-state index < -0.39 is 22.8 Å². The fraction of sp³-hybridized carbons (Fsp3) is 0.231. The van der Waals surface area contributed by atoms with E-state index >= 15 is 0 Å². The van der Waals surface area contributed by atoms with Crippen LogP contribution in [0.5, 0.6) is 0 Å². The summed E-state index contributed by atoms with van der Waals surface area (Å²) in [6, 6.07) is 1.03. The standard InChI is InChI=1S/C13H12FN3O3/c14-8-3-6-11(10(16)9(8)15)17(5-1-2-5)4-7(12(6)18)13(19)20/h3-5H,1-2,15-16H2,(H,19,20). The zero-order chi connectivity index (χ0) is 14.6. The third-order valence-corrected chi connectivity index (χ3v) is 3.52. The van der Waals surface area contributed by atoms with Crippen LogP contribution in [0, 0.1) is 5.82 Å². The molecule has 0 aliphatic heterocycles. The molecule has 0 saturated heterocycles. The Bertz CT molecular complexity index is 809. The molecule has 6 nitrogen and oxygen atoms in total. The Morgan fingerprint density at radius 3 is 2.55 bits per heavy atom. The summed E-state index contributed by atoms with van der Waals surface area (Å²) in [5.41, 5.74) is 10.3. The Labute approximate surface area is 112 Å². The molecule has 1 aliphatic carbocycles. The minimum Gasteiger partial charge on any atom is -0.477 e. The molecule has 104 valence electrons. The number of aromatic carboxylic acids is 1. The second-order valence-corrected chi connectivity index (χ2v) is 4.90. The van der Waals surface area contributed by atoms with Crippen LogP contribution in [0.4, 0.5) is 15.8 Å². The number of rotatable bonds is 2. The lowest BCUT2D eigenvalue weighted by Crippen LogP contribution is -2.20. The van der Waals surface area contributed by atoms with Crippen molar-refractivity contribution in [2.24, 2.45) is 0 Å². The van der Waals surface area contributed by atoms with Gasteiger partial charge in [-0.05, 0) is 18.9 Å². The minimum atomic E-state index is -1.35. The first-order valence-corrected chi connectivity index (χ1v) is 6.07. The third kappa shape index (κ3) is 1.63. The molecule has 0 radical (unpaired) electrons. The Balaban J connectivity index is 2.52. The molecule has 1 fully saturated rings. The van der Waals surface area contributed by atoms with Crippen LogP contribution in [0.2, 0.25) is 0 Å². The van der Waals surface area contributed by atoms with Crippen molar-refractivity contribution >= 4 is 28.2 Å². The van der Waals surface area contributed by atoms with E-state index in [1.165, 1.54) is 6.20 Å². The number of hydrogen-bond donors (Lipinski definition) is 3. The molecular formula is C13H12FN3O3. The minimum absolute atomic E-state index is 0.0269. The van der Waals surface area contributed by atoms with Crippen molar-refractivity contribution in [3.05, 3.63) is 33.9 Å². The molecule has 1 aromatic heterocycles. The number of aromatic nitrogens is 1. The van der Waals surface area contributed by atoms with Gasteiger partial charge in [0.1, 0.15) is 11.4 Å². The average molecular weight is 277 g/mol. The number of hydrogen-bond acceptors (Lipinski definition) is 4. The van der Waals surface area contributed by atoms with E-state index in [4.69, 9.17) is 16.6 Å². The lowest BCUT2D eigenvalue weighted by Gasteiger charge is -2.15. The van der Waals surface area contributed by atoms with Gasteiger partial charge in [-0.1, -0.05) is 0 Å². The number of anilines is 2. The second-order valence-electron chi connectivity index (χ2n) is 4.90. The van der Waals surface area contributed by atoms with E-state index in [0.29, 0.717) is 5.52 Å². The van der Waals surface area contributed by atoms with Gasteiger partial charge in [0.25, 0.3) is 0 Å². The smallest absolute Gasteiger partial charge is 0.341 e. The quantitative estimate of drug-likeness (QED) is 0.717. The van der Waals surface area contributed by atoms with E-state index in [9.17, 15) is 14.0 Å².